The van der Waals surface area contributed by atoms with Crippen LogP contribution in [0.1, 0.15) is 33.6 Å². The molecular formula is C9H14KNaO4. The molecule has 76 valence electrons. The molecule has 0 heterocycles. The van der Waals surface area contributed by atoms with Crippen LogP contribution in [0.5, 0.6) is 0 Å². The quantitative estimate of drug-likeness (QED) is 0.358. The fourth-order valence-corrected chi connectivity index (χ4v) is 1.44. The van der Waals surface area contributed by atoms with Gasteiger partial charge < -0.3 is 19.8 Å². The normalized spacial score (nSPS) is 10.1. The standard InChI is InChI=1S/C9H16O4.K.Na/c1-4-5-9(6(2)3,7(10)11)8(12)13;;/h6H,4-5H2,1-3H3,(H,10,11)(H,12,13);;/q;2*+1/p-2. The van der Waals surface area contributed by atoms with Crippen molar-refractivity contribution < 1.29 is 101 Å². The molecule has 0 saturated heterocycles. The first-order chi connectivity index (χ1) is 5.89. The fourth-order valence-electron chi connectivity index (χ4n) is 1.44. The van der Waals surface area contributed by atoms with Crippen LogP contribution in [0.4, 0.5) is 0 Å². The van der Waals surface area contributed by atoms with Gasteiger partial charge in [-0.05, 0) is 12.3 Å². The van der Waals surface area contributed by atoms with Crippen LogP contribution in [-0.2, 0) is 9.59 Å². The van der Waals surface area contributed by atoms with Crippen LogP contribution in [0.15, 0.2) is 0 Å². The number of aliphatic carboxylic acids is 2. The molecule has 0 bridgehead atoms. The first-order valence-electron chi connectivity index (χ1n) is 4.32. The monoisotopic (exact) mass is 248 g/mol. The van der Waals surface area contributed by atoms with E-state index < -0.39 is 23.3 Å². The number of hydrogen-bond acceptors (Lipinski definition) is 4. The van der Waals surface area contributed by atoms with Crippen molar-refractivity contribution in [2.45, 2.75) is 33.6 Å². The summed E-state index contributed by atoms with van der Waals surface area (Å²) < 4.78 is 0. The molecule has 0 aromatic carbocycles. The molecule has 0 aliphatic rings. The van der Waals surface area contributed by atoms with Crippen molar-refractivity contribution in [3.05, 3.63) is 0 Å². The average molecular weight is 248 g/mol. The van der Waals surface area contributed by atoms with Crippen LogP contribution in [0.25, 0.3) is 0 Å². The van der Waals surface area contributed by atoms with Gasteiger partial charge in [0.05, 0.1) is 17.4 Å². The van der Waals surface area contributed by atoms with Gasteiger partial charge in [0, 0.05) is 0 Å². The van der Waals surface area contributed by atoms with Crippen LogP contribution in [0, 0.1) is 11.3 Å². The minimum absolute atomic E-state index is 0. The molecule has 0 unspecified atom stereocenters. The second-order valence-corrected chi connectivity index (χ2v) is 3.45. The molecule has 0 amide bonds. The number of hydrogen-bond donors (Lipinski definition) is 0. The summed E-state index contributed by atoms with van der Waals surface area (Å²) in [4.78, 5) is 21.5. The Hall–Kier alpha value is 1.58. The molecule has 0 atom stereocenters. The zero-order valence-corrected chi connectivity index (χ0v) is 15.2. The SMILES string of the molecule is CCCC(C(=O)[O-])(C(=O)[O-])C(C)C.[K+].[Na+]. The van der Waals surface area contributed by atoms with E-state index in [4.69, 9.17) is 0 Å². The maximum absolute atomic E-state index is 10.8. The topological polar surface area (TPSA) is 80.3 Å². The minimum atomic E-state index is -1.84. The van der Waals surface area contributed by atoms with Gasteiger partial charge in [0.2, 0.25) is 0 Å². The Morgan fingerprint density at radius 1 is 1.20 bits per heavy atom. The smallest absolute Gasteiger partial charge is 0.549 e. The molecule has 0 N–H and O–H groups in total. The van der Waals surface area contributed by atoms with E-state index >= 15 is 0 Å². The number of rotatable bonds is 5. The summed E-state index contributed by atoms with van der Waals surface area (Å²) in [5.41, 5.74) is -1.84. The molecule has 0 fully saturated rings. The van der Waals surface area contributed by atoms with Gasteiger partial charge in [-0.2, -0.15) is 0 Å². The molecule has 0 aliphatic carbocycles. The van der Waals surface area contributed by atoms with Crippen molar-refractivity contribution in [2.24, 2.45) is 11.3 Å². The summed E-state index contributed by atoms with van der Waals surface area (Å²) in [5.74, 6) is -3.63. The van der Waals surface area contributed by atoms with E-state index in [1.807, 2.05) is 0 Å². The zero-order valence-electron chi connectivity index (χ0n) is 10.1. The van der Waals surface area contributed by atoms with Gasteiger partial charge in [0.1, 0.15) is 0 Å². The van der Waals surface area contributed by atoms with Crippen molar-refractivity contribution in [3.8, 4) is 0 Å². The summed E-state index contributed by atoms with van der Waals surface area (Å²) in [7, 11) is 0. The van der Waals surface area contributed by atoms with Crippen molar-refractivity contribution in [1.82, 2.24) is 0 Å². The summed E-state index contributed by atoms with van der Waals surface area (Å²) in [6.45, 7) is 4.81. The van der Waals surface area contributed by atoms with Gasteiger partial charge >= 0.3 is 80.9 Å². The summed E-state index contributed by atoms with van der Waals surface area (Å²) >= 11 is 0. The Kier molecular flexibility index (Phi) is 14.0. The number of carbonyl (C=O) groups is 2. The van der Waals surface area contributed by atoms with E-state index in [1.54, 1.807) is 20.8 Å². The van der Waals surface area contributed by atoms with Crippen LogP contribution < -0.4 is 91.2 Å². The second kappa shape index (κ2) is 9.59. The molecule has 15 heavy (non-hydrogen) atoms. The van der Waals surface area contributed by atoms with Gasteiger partial charge in [-0.1, -0.05) is 27.2 Å². The molecule has 0 spiro atoms. The van der Waals surface area contributed by atoms with E-state index in [-0.39, 0.29) is 87.4 Å². The second-order valence-electron chi connectivity index (χ2n) is 3.45. The van der Waals surface area contributed by atoms with Gasteiger partial charge in [-0.3, -0.25) is 0 Å². The Balaban J connectivity index is -0.000000720. The fraction of sp³-hybridized carbons (Fsp3) is 0.778. The molecule has 0 aromatic heterocycles. The van der Waals surface area contributed by atoms with E-state index in [9.17, 15) is 19.8 Å². The molecule has 0 aliphatic heterocycles. The molecule has 0 rings (SSSR count). The first kappa shape index (κ1) is 21.8. The Morgan fingerprint density at radius 2 is 1.53 bits per heavy atom. The third-order valence-corrected chi connectivity index (χ3v) is 2.36. The van der Waals surface area contributed by atoms with E-state index in [0.29, 0.717) is 6.42 Å². The molecule has 0 radical (unpaired) electrons. The third kappa shape index (κ3) is 5.17. The van der Waals surface area contributed by atoms with Crippen LogP contribution >= 0.6 is 0 Å². The van der Waals surface area contributed by atoms with Gasteiger partial charge in [0.15, 0.2) is 0 Å². The van der Waals surface area contributed by atoms with Crippen molar-refractivity contribution in [1.29, 1.82) is 0 Å². The van der Waals surface area contributed by atoms with E-state index in [0.717, 1.165) is 0 Å². The van der Waals surface area contributed by atoms with E-state index in [1.165, 1.54) is 0 Å². The van der Waals surface area contributed by atoms with Crippen LogP contribution in [-0.4, -0.2) is 11.9 Å². The maximum atomic E-state index is 10.8. The zero-order chi connectivity index (χ0) is 10.6. The van der Waals surface area contributed by atoms with Crippen LogP contribution in [0.2, 0.25) is 0 Å². The predicted octanol–water partition coefficient (Wildman–Crippen LogP) is -7.06. The molecule has 6 heteroatoms. The first-order valence-corrected chi connectivity index (χ1v) is 4.32. The summed E-state index contributed by atoms with van der Waals surface area (Å²) in [6.07, 6.45) is 0.523. The van der Waals surface area contributed by atoms with Crippen LogP contribution in [0.3, 0.4) is 0 Å². The van der Waals surface area contributed by atoms with Crippen molar-refractivity contribution in [2.75, 3.05) is 0 Å². The number of carbonyl (C=O) groups excluding carboxylic acids is 2. The molecular weight excluding hydrogens is 234 g/mol. The van der Waals surface area contributed by atoms with Gasteiger partial charge in [-0.25, -0.2) is 0 Å². The van der Waals surface area contributed by atoms with Gasteiger partial charge in [-0.15, -0.1) is 0 Å². The van der Waals surface area contributed by atoms with Crippen molar-refractivity contribution >= 4 is 11.9 Å². The Labute approximate surface area is 155 Å². The maximum Gasteiger partial charge on any atom is 1.00 e. The third-order valence-electron chi connectivity index (χ3n) is 2.36. The number of carboxylic acids is 2. The average Bonchev–Trinajstić information content (AvgIpc) is 1.97. The van der Waals surface area contributed by atoms with Gasteiger partial charge in [0.25, 0.3) is 0 Å². The van der Waals surface area contributed by atoms with Crippen molar-refractivity contribution in [3.63, 3.8) is 0 Å². The molecule has 4 nitrogen and oxygen atoms in total. The van der Waals surface area contributed by atoms with E-state index in [2.05, 4.69) is 0 Å². The molecule has 0 saturated carbocycles. The predicted molar refractivity (Wildman–Crippen MR) is 42.2 cm³/mol. The largest absolute Gasteiger partial charge is 1.00 e. The Morgan fingerprint density at radius 3 is 1.60 bits per heavy atom. The Bertz CT molecular complexity index is 204. The number of carboxylic acid groups (broad SMARTS) is 2. The minimum Gasteiger partial charge on any atom is -0.549 e. The summed E-state index contributed by atoms with van der Waals surface area (Å²) in [6, 6.07) is 0. The molecule has 0 aromatic rings. The summed E-state index contributed by atoms with van der Waals surface area (Å²) in [5, 5.41) is 21.5.